The average molecular weight is 444 g/mol. The fourth-order valence-electron chi connectivity index (χ4n) is 3.77. The van der Waals surface area contributed by atoms with Gasteiger partial charge < -0.3 is 14.7 Å². The van der Waals surface area contributed by atoms with Crippen LogP contribution < -0.4 is 5.32 Å². The lowest BCUT2D eigenvalue weighted by atomic mass is 9.94. The van der Waals surface area contributed by atoms with Crippen LogP contribution in [0.2, 0.25) is 0 Å². The van der Waals surface area contributed by atoms with Gasteiger partial charge in [-0.25, -0.2) is 0 Å². The Kier molecular flexibility index (Phi) is 5.35. The van der Waals surface area contributed by atoms with Crippen molar-refractivity contribution >= 4 is 27.6 Å². The Bertz CT molecular complexity index is 927. The molecule has 0 spiro atoms. The number of Topliss-reactive ketones (excluding diaryl/α,β-unsaturated/α-hetero) is 1. The highest BCUT2D eigenvalue weighted by Gasteiger charge is 2.32. The van der Waals surface area contributed by atoms with Gasteiger partial charge in [0, 0.05) is 29.7 Å². The molecule has 7 heteroatoms. The number of carbonyl (C=O) groups is 2. The lowest BCUT2D eigenvalue weighted by Gasteiger charge is -2.27. The van der Waals surface area contributed by atoms with E-state index in [9.17, 15) is 9.59 Å². The molecule has 6 nitrogen and oxygen atoms in total. The Balaban J connectivity index is 1.57. The number of piperidine rings is 1. The summed E-state index contributed by atoms with van der Waals surface area (Å²) in [5, 5.41) is 7.23. The maximum Gasteiger partial charge on any atom is 0.269 e. The second kappa shape index (κ2) is 7.91. The molecular formula is C21H22BrN3O3. The molecular weight excluding hydrogens is 422 g/mol. The third kappa shape index (κ3) is 3.63. The van der Waals surface area contributed by atoms with Crippen molar-refractivity contribution in [2.75, 3.05) is 19.6 Å². The van der Waals surface area contributed by atoms with Crippen molar-refractivity contribution in [3.05, 3.63) is 51.8 Å². The molecule has 28 heavy (non-hydrogen) atoms. The minimum Gasteiger partial charge on any atom is -0.380 e. The molecule has 1 aromatic carbocycles. The van der Waals surface area contributed by atoms with Gasteiger partial charge in [0.2, 0.25) is 0 Å². The molecule has 1 N–H and O–H groups in total. The number of amides is 1. The van der Waals surface area contributed by atoms with Crippen LogP contribution in [0.5, 0.6) is 0 Å². The summed E-state index contributed by atoms with van der Waals surface area (Å²) in [4.78, 5) is 27.8. The van der Waals surface area contributed by atoms with E-state index in [4.69, 9.17) is 4.52 Å². The molecule has 2 aromatic rings. The molecule has 1 fully saturated rings. The summed E-state index contributed by atoms with van der Waals surface area (Å²) in [5.41, 5.74) is 2.37. The van der Waals surface area contributed by atoms with Gasteiger partial charge in [-0.3, -0.25) is 9.59 Å². The monoisotopic (exact) mass is 443 g/mol. The normalized spacial score (nSPS) is 19.3. The van der Waals surface area contributed by atoms with E-state index in [1.165, 1.54) is 6.42 Å². The van der Waals surface area contributed by atoms with Gasteiger partial charge in [0.25, 0.3) is 5.91 Å². The first kappa shape index (κ1) is 18.9. The second-order valence-electron chi connectivity index (χ2n) is 7.25. The van der Waals surface area contributed by atoms with Gasteiger partial charge in [-0.05, 0) is 44.4 Å². The first-order valence-electron chi connectivity index (χ1n) is 9.56. The van der Waals surface area contributed by atoms with Crippen LogP contribution in [-0.4, -0.2) is 41.4 Å². The number of likely N-dealkylation sites (tertiary alicyclic amines) is 1. The topological polar surface area (TPSA) is 75.4 Å². The smallest absolute Gasteiger partial charge is 0.269 e. The summed E-state index contributed by atoms with van der Waals surface area (Å²) >= 11 is 3.41. The number of carbonyl (C=O) groups excluding carboxylic acids is 2. The van der Waals surface area contributed by atoms with Crippen molar-refractivity contribution in [3.63, 3.8) is 0 Å². The third-order valence-electron chi connectivity index (χ3n) is 5.32. The summed E-state index contributed by atoms with van der Waals surface area (Å²) in [5.74, 6) is -0.000971. The van der Waals surface area contributed by atoms with Crippen molar-refractivity contribution in [2.24, 2.45) is 5.92 Å². The minimum atomic E-state index is -0.406. The molecule has 0 radical (unpaired) electrons. The molecule has 0 bridgehead atoms. The number of nitrogens with one attached hydrogen (secondary N) is 1. The van der Waals surface area contributed by atoms with Crippen molar-refractivity contribution in [1.82, 2.24) is 15.4 Å². The van der Waals surface area contributed by atoms with E-state index in [-0.39, 0.29) is 11.7 Å². The van der Waals surface area contributed by atoms with Gasteiger partial charge in [0.05, 0.1) is 17.2 Å². The predicted molar refractivity (Wildman–Crippen MR) is 109 cm³/mol. The molecule has 2 aliphatic heterocycles. The SMILES string of the molecule is Cc1onc(-c2ccc(Br)cc2)c1C(=O)C1C=C(C(=O)N2CCCCC2)NC1. The highest BCUT2D eigenvalue weighted by molar-refractivity contribution is 9.10. The number of nitrogens with zero attached hydrogens (tertiary/aromatic N) is 2. The summed E-state index contributed by atoms with van der Waals surface area (Å²) in [7, 11) is 0. The van der Waals surface area contributed by atoms with Crippen LogP contribution >= 0.6 is 15.9 Å². The third-order valence-corrected chi connectivity index (χ3v) is 5.85. The van der Waals surface area contributed by atoms with Crippen molar-refractivity contribution in [3.8, 4) is 11.3 Å². The molecule has 2 aliphatic rings. The zero-order valence-corrected chi connectivity index (χ0v) is 17.3. The van der Waals surface area contributed by atoms with Crippen LogP contribution in [0.15, 0.2) is 45.0 Å². The second-order valence-corrected chi connectivity index (χ2v) is 8.17. The number of aromatic nitrogens is 1. The molecule has 1 aromatic heterocycles. The van der Waals surface area contributed by atoms with Crippen LogP contribution in [0.4, 0.5) is 0 Å². The number of hydrogen-bond donors (Lipinski definition) is 1. The van der Waals surface area contributed by atoms with Crippen LogP contribution in [0, 0.1) is 12.8 Å². The zero-order chi connectivity index (χ0) is 19.7. The van der Waals surface area contributed by atoms with Crippen LogP contribution in [0.25, 0.3) is 11.3 Å². The molecule has 4 rings (SSSR count). The quantitative estimate of drug-likeness (QED) is 0.728. The summed E-state index contributed by atoms with van der Waals surface area (Å²) in [6.45, 7) is 3.73. The van der Waals surface area contributed by atoms with Gasteiger partial charge >= 0.3 is 0 Å². The van der Waals surface area contributed by atoms with Gasteiger partial charge in [-0.2, -0.15) is 0 Å². The van der Waals surface area contributed by atoms with Gasteiger partial charge in [-0.15, -0.1) is 0 Å². The van der Waals surface area contributed by atoms with E-state index in [0.29, 0.717) is 29.3 Å². The van der Waals surface area contributed by atoms with Gasteiger partial charge in [0.15, 0.2) is 5.78 Å². The maximum atomic E-state index is 13.2. The Morgan fingerprint density at radius 2 is 1.89 bits per heavy atom. The number of aryl methyl sites for hydroxylation is 1. The number of ketones is 1. The molecule has 1 atom stereocenters. The minimum absolute atomic E-state index is 0.00910. The zero-order valence-electron chi connectivity index (χ0n) is 15.7. The van der Waals surface area contributed by atoms with Gasteiger partial charge in [0.1, 0.15) is 11.5 Å². The molecule has 146 valence electrons. The Morgan fingerprint density at radius 3 is 2.61 bits per heavy atom. The van der Waals surface area contributed by atoms with Crippen molar-refractivity contribution in [1.29, 1.82) is 0 Å². The highest BCUT2D eigenvalue weighted by atomic mass is 79.9. The Labute approximate surface area is 172 Å². The Hall–Kier alpha value is -2.41. The largest absolute Gasteiger partial charge is 0.380 e. The summed E-state index contributed by atoms with van der Waals surface area (Å²) in [6, 6.07) is 7.60. The van der Waals surface area contributed by atoms with E-state index < -0.39 is 5.92 Å². The average Bonchev–Trinajstić information content (AvgIpc) is 3.35. The summed E-state index contributed by atoms with van der Waals surface area (Å²) in [6.07, 6.45) is 5.01. The first-order chi connectivity index (χ1) is 13.5. The van der Waals surface area contributed by atoms with Crippen molar-refractivity contribution < 1.29 is 14.1 Å². The fraction of sp³-hybridized carbons (Fsp3) is 0.381. The maximum absolute atomic E-state index is 13.2. The lowest BCUT2D eigenvalue weighted by Crippen LogP contribution is -2.38. The molecule has 3 heterocycles. The van der Waals surface area contributed by atoms with Gasteiger partial charge in [-0.1, -0.05) is 33.2 Å². The molecule has 0 aliphatic carbocycles. The van der Waals surface area contributed by atoms with Crippen LogP contribution in [-0.2, 0) is 4.79 Å². The summed E-state index contributed by atoms with van der Waals surface area (Å²) < 4.78 is 6.28. The fourth-order valence-corrected chi connectivity index (χ4v) is 4.04. The van der Waals surface area contributed by atoms with E-state index >= 15 is 0 Å². The van der Waals surface area contributed by atoms with E-state index in [1.807, 2.05) is 29.2 Å². The number of rotatable bonds is 4. The van der Waals surface area contributed by atoms with E-state index in [2.05, 4.69) is 26.4 Å². The molecule has 1 saturated heterocycles. The molecule has 1 unspecified atom stereocenters. The van der Waals surface area contributed by atoms with E-state index in [0.717, 1.165) is 36.0 Å². The van der Waals surface area contributed by atoms with Crippen molar-refractivity contribution in [2.45, 2.75) is 26.2 Å². The Morgan fingerprint density at radius 1 is 1.18 bits per heavy atom. The number of hydrogen-bond acceptors (Lipinski definition) is 5. The highest BCUT2D eigenvalue weighted by Crippen LogP contribution is 2.30. The first-order valence-corrected chi connectivity index (χ1v) is 10.4. The number of halogens is 1. The number of benzene rings is 1. The van der Waals surface area contributed by atoms with Crippen LogP contribution in [0.3, 0.4) is 0 Å². The predicted octanol–water partition coefficient (Wildman–Crippen LogP) is 3.71. The standard InChI is InChI=1S/C21H22BrN3O3/c1-13-18(19(24-28-13)14-5-7-16(22)8-6-14)20(26)15-11-17(23-12-15)21(27)25-9-3-2-4-10-25/h5-8,11,15,23H,2-4,9-10,12H2,1H3. The lowest BCUT2D eigenvalue weighted by molar-refractivity contribution is -0.128. The van der Waals surface area contributed by atoms with Crippen LogP contribution in [0.1, 0.15) is 35.4 Å². The van der Waals surface area contributed by atoms with E-state index in [1.54, 1.807) is 13.0 Å². The molecule has 0 saturated carbocycles. The molecule has 1 amide bonds.